The van der Waals surface area contributed by atoms with Gasteiger partial charge in [0.25, 0.3) is 0 Å². The van der Waals surface area contributed by atoms with Crippen molar-refractivity contribution in [2.24, 2.45) is 11.1 Å². The molecular weight excluding hydrogens is 604 g/mol. The van der Waals surface area contributed by atoms with E-state index in [1.807, 2.05) is 76.6 Å². The van der Waals surface area contributed by atoms with E-state index >= 15 is 0 Å². The third kappa shape index (κ3) is 6.11. The molecule has 0 spiro atoms. The number of aromatic nitrogens is 3. The molecule has 4 aromatic rings. The molecule has 2 amide bonds. The number of aryl methyl sites for hydroxylation is 3. The molecule has 0 unspecified atom stereocenters. The molecule has 1 aliphatic rings. The summed E-state index contributed by atoms with van der Waals surface area (Å²) >= 11 is 0. The zero-order chi connectivity index (χ0) is 33.4. The summed E-state index contributed by atoms with van der Waals surface area (Å²) in [5.41, 5.74) is 10.2. The van der Waals surface area contributed by atoms with Crippen LogP contribution in [0.5, 0.6) is 5.75 Å². The lowest BCUT2D eigenvalue weighted by Crippen LogP contribution is -2.44. The summed E-state index contributed by atoms with van der Waals surface area (Å²) < 4.78 is 37.3. The third-order valence-electron chi connectivity index (χ3n) is 9.00. The Balaban J connectivity index is 1.63. The smallest absolute Gasteiger partial charge is 0.247 e. The molecule has 5 rings (SSSR count). The monoisotopic (exact) mass is 646 g/mol. The zero-order valence-electron chi connectivity index (χ0n) is 27.2. The number of benzene rings is 3. The molecule has 0 bridgehead atoms. The van der Waals surface area contributed by atoms with E-state index in [1.54, 1.807) is 24.3 Å². The van der Waals surface area contributed by atoms with Crippen molar-refractivity contribution in [1.82, 2.24) is 24.6 Å². The number of nitrogens with one attached hydrogen (secondary N) is 1. The van der Waals surface area contributed by atoms with Crippen LogP contribution < -0.4 is 15.8 Å². The van der Waals surface area contributed by atoms with Gasteiger partial charge in [-0.1, -0.05) is 62.4 Å². The summed E-state index contributed by atoms with van der Waals surface area (Å²) in [5.74, 6) is -1.12. The van der Waals surface area contributed by atoms with Gasteiger partial charge in [0.05, 0.1) is 24.0 Å². The molecule has 0 aliphatic carbocycles. The van der Waals surface area contributed by atoms with Crippen molar-refractivity contribution in [2.45, 2.75) is 78.0 Å². The normalized spacial score (nSPS) is 17.1. The van der Waals surface area contributed by atoms with E-state index in [9.17, 15) is 18.0 Å². The molecule has 46 heavy (non-hydrogen) atoms. The van der Waals surface area contributed by atoms with Gasteiger partial charge in [-0.15, -0.1) is 5.10 Å². The number of nitrogens with two attached hydrogens (primary N) is 1. The second-order valence-electron chi connectivity index (χ2n) is 12.4. The van der Waals surface area contributed by atoms with Gasteiger partial charge in [-0.05, 0) is 73.2 Å². The standard InChI is InChI=1S/C34H42N6O5S/c1-7-25-20-39(46(43,44)29-12-10-9-11-28(29)45-25)19-24-17-23(14-13-21(24)3)31(34(5,6)33(42)36-18-30(35)41)26-15-16-27-32(22(26)4)37-38-40(27)8-2/h9-17,25,31H,7-8,18-20H2,1-6H3,(H2,35,41)(H,36,42)/t25-,31+/m1/s1. The highest BCUT2D eigenvalue weighted by Crippen LogP contribution is 2.44. The van der Waals surface area contributed by atoms with Crippen molar-refractivity contribution in [3.8, 4) is 5.75 Å². The predicted molar refractivity (Wildman–Crippen MR) is 176 cm³/mol. The number of hydrogen-bond donors (Lipinski definition) is 2. The number of amides is 2. The minimum Gasteiger partial charge on any atom is -0.488 e. The molecule has 3 N–H and O–H groups in total. The number of sulfonamides is 1. The van der Waals surface area contributed by atoms with Crippen LogP contribution in [-0.4, -0.2) is 58.7 Å². The van der Waals surface area contributed by atoms with Crippen molar-refractivity contribution in [2.75, 3.05) is 13.1 Å². The number of para-hydroxylation sites is 1. The van der Waals surface area contributed by atoms with Crippen LogP contribution in [0.2, 0.25) is 0 Å². The van der Waals surface area contributed by atoms with E-state index in [0.717, 1.165) is 38.9 Å². The second kappa shape index (κ2) is 12.8. The molecule has 0 fully saturated rings. The molecule has 1 aromatic heterocycles. The first-order valence-corrected chi connectivity index (χ1v) is 17.0. The molecular formula is C34H42N6O5S. The maximum Gasteiger partial charge on any atom is 0.247 e. The minimum absolute atomic E-state index is 0.125. The highest BCUT2D eigenvalue weighted by Gasteiger charge is 2.41. The van der Waals surface area contributed by atoms with Crippen LogP contribution in [0.25, 0.3) is 11.0 Å². The maximum atomic E-state index is 14.0. The summed E-state index contributed by atoms with van der Waals surface area (Å²) in [6, 6.07) is 16.6. The van der Waals surface area contributed by atoms with Gasteiger partial charge in [-0.3, -0.25) is 9.59 Å². The summed E-state index contributed by atoms with van der Waals surface area (Å²) in [5, 5.41) is 11.4. The Labute approximate surface area is 270 Å². The first-order chi connectivity index (χ1) is 21.8. The number of primary amides is 1. The SMILES string of the molecule is CC[C@@H]1CN(Cc2cc([C@@H](c3ccc4c(nnn4CC)c3C)C(C)(C)C(=O)NCC(N)=O)ccc2C)S(=O)(=O)c2ccccc2O1. The van der Waals surface area contributed by atoms with Crippen LogP contribution in [-0.2, 0) is 32.7 Å². The molecule has 0 saturated carbocycles. The van der Waals surface area contributed by atoms with E-state index < -0.39 is 27.3 Å². The van der Waals surface area contributed by atoms with Gasteiger partial charge in [0.2, 0.25) is 21.8 Å². The van der Waals surface area contributed by atoms with Gasteiger partial charge < -0.3 is 15.8 Å². The number of nitrogens with zero attached hydrogens (tertiary/aromatic N) is 4. The van der Waals surface area contributed by atoms with Crippen molar-refractivity contribution >= 4 is 32.9 Å². The van der Waals surface area contributed by atoms with Crippen molar-refractivity contribution in [3.63, 3.8) is 0 Å². The van der Waals surface area contributed by atoms with Crippen LogP contribution >= 0.6 is 0 Å². The highest BCUT2D eigenvalue weighted by molar-refractivity contribution is 7.89. The summed E-state index contributed by atoms with van der Waals surface area (Å²) in [7, 11) is -3.87. The number of ether oxygens (including phenoxy) is 1. The van der Waals surface area contributed by atoms with E-state index in [-0.39, 0.29) is 36.5 Å². The fraction of sp³-hybridized carbons (Fsp3) is 0.412. The van der Waals surface area contributed by atoms with Crippen LogP contribution in [0, 0.1) is 19.3 Å². The number of carbonyl (C=O) groups is 2. The van der Waals surface area contributed by atoms with Gasteiger partial charge in [0, 0.05) is 19.0 Å². The Morgan fingerprint density at radius 3 is 2.54 bits per heavy atom. The largest absolute Gasteiger partial charge is 0.488 e. The Morgan fingerprint density at radius 2 is 1.85 bits per heavy atom. The molecule has 2 atom stereocenters. The van der Waals surface area contributed by atoms with E-state index in [0.29, 0.717) is 18.7 Å². The van der Waals surface area contributed by atoms with Gasteiger partial charge in [0.15, 0.2) is 0 Å². The van der Waals surface area contributed by atoms with Crippen molar-refractivity contribution in [1.29, 1.82) is 0 Å². The predicted octanol–water partition coefficient (Wildman–Crippen LogP) is 4.19. The first-order valence-electron chi connectivity index (χ1n) is 15.5. The lowest BCUT2D eigenvalue weighted by Gasteiger charge is -2.35. The van der Waals surface area contributed by atoms with Crippen LogP contribution in [0.3, 0.4) is 0 Å². The molecule has 12 heteroatoms. The summed E-state index contributed by atoms with van der Waals surface area (Å²) in [4.78, 5) is 25.4. The number of fused-ring (bicyclic) bond motifs is 2. The summed E-state index contributed by atoms with van der Waals surface area (Å²) in [6.07, 6.45) is 0.328. The van der Waals surface area contributed by atoms with Gasteiger partial charge in [-0.2, -0.15) is 4.31 Å². The number of hydrogen-bond acceptors (Lipinski definition) is 7. The molecule has 1 aliphatic heterocycles. The topological polar surface area (TPSA) is 150 Å². The molecule has 11 nitrogen and oxygen atoms in total. The van der Waals surface area contributed by atoms with Gasteiger partial charge in [-0.25, -0.2) is 13.1 Å². The Morgan fingerprint density at radius 1 is 1.11 bits per heavy atom. The summed E-state index contributed by atoms with van der Waals surface area (Å²) in [6.45, 7) is 12.3. The Bertz CT molecular complexity index is 1900. The van der Waals surface area contributed by atoms with Crippen LogP contribution in [0.1, 0.15) is 67.9 Å². The van der Waals surface area contributed by atoms with E-state index in [1.165, 1.54) is 4.31 Å². The van der Waals surface area contributed by atoms with Crippen LogP contribution in [0.4, 0.5) is 0 Å². The number of rotatable bonds is 10. The Hall–Kier alpha value is -4.29. The van der Waals surface area contributed by atoms with Gasteiger partial charge in [0.1, 0.15) is 22.3 Å². The minimum atomic E-state index is -3.87. The van der Waals surface area contributed by atoms with Crippen LogP contribution in [0.15, 0.2) is 59.5 Å². The molecule has 244 valence electrons. The highest BCUT2D eigenvalue weighted by atomic mass is 32.2. The average Bonchev–Trinajstić information content (AvgIpc) is 3.41. The lowest BCUT2D eigenvalue weighted by atomic mass is 9.69. The molecule has 2 heterocycles. The first kappa shape index (κ1) is 33.1. The Kier molecular flexibility index (Phi) is 9.23. The molecule has 0 radical (unpaired) electrons. The quantitative estimate of drug-likeness (QED) is 0.262. The fourth-order valence-electron chi connectivity index (χ4n) is 6.28. The molecule has 0 saturated heterocycles. The fourth-order valence-corrected chi connectivity index (χ4v) is 7.85. The van der Waals surface area contributed by atoms with Crippen molar-refractivity contribution < 1.29 is 22.7 Å². The van der Waals surface area contributed by atoms with E-state index in [4.69, 9.17) is 10.5 Å². The van der Waals surface area contributed by atoms with E-state index in [2.05, 4.69) is 15.6 Å². The number of carbonyl (C=O) groups excluding carboxylic acids is 2. The molecule has 3 aromatic carbocycles. The zero-order valence-corrected chi connectivity index (χ0v) is 28.0. The van der Waals surface area contributed by atoms with Crippen molar-refractivity contribution in [3.05, 3.63) is 82.4 Å². The third-order valence-corrected chi connectivity index (χ3v) is 10.9. The maximum absolute atomic E-state index is 14.0. The second-order valence-corrected chi connectivity index (χ2v) is 14.3. The average molecular weight is 647 g/mol. The van der Waals surface area contributed by atoms with Gasteiger partial charge >= 0.3 is 0 Å². The lowest BCUT2D eigenvalue weighted by molar-refractivity contribution is -0.131.